The van der Waals surface area contributed by atoms with Gasteiger partial charge in [0.15, 0.2) is 0 Å². The van der Waals surface area contributed by atoms with Crippen molar-refractivity contribution >= 4 is 0 Å². The molecule has 2 N–H and O–H groups in total. The average molecular weight is 332 g/mol. The first-order valence-electron chi connectivity index (χ1n) is 9.63. The fourth-order valence-corrected chi connectivity index (χ4v) is 4.82. The third-order valence-corrected chi connectivity index (χ3v) is 6.58. The highest BCUT2D eigenvalue weighted by molar-refractivity contribution is 5.22. The molecule has 3 aliphatic rings. The molecule has 2 heterocycles. The fourth-order valence-electron chi connectivity index (χ4n) is 4.82. The van der Waals surface area contributed by atoms with Crippen molar-refractivity contribution in [1.29, 1.82) is 0 Å². The molecule has 1 aromatic heterocycles. The smallest absolute Gasteiger partial charge is 0.0689 e. The molecule has 2 saturated carbocycles. The van der Waals surface area contributed by atoms with Crippen LogP contribution in [0.2, 0.25) is 0 Å². The Morgan fingerprint density at radius 3 is 2.79 bits per heavy atom. The van der Waals surface area contributed by atoms with Crippen LogP contribution in [0.15, 0.2) is 6.20 Å². The van der Waals surface area contributed by atoms with Gasteiger partial charge >= 0.3 is 0 Å². The van der Waals surface area contributed by atoms with Crippen LogP contribution in [0.3, 0.4) is 0 Å². The fraction of sp³-hybridized carbons (Fsp3) is 0.842. The summed E-state index contributed by atoms with van der Waals surface area (Å²) in [5, 5.41) is 10.9. The number of rotatable bonds is 6. The van der Waals surface area contributed by atoms with Crippen LogP contribution in [-0.2, 0) is 11.3 Å². The van der Waals surface area contributed by atoms with Gasteiger partial charge in [-0.3, -0.25) is 5.10 Å². The summed E-state index contributed by atoms with van der Waals surface area (Å²) in [6.07, 6.45) is 11.1. The van der Waals surface area contributed by atoms with Crippen LogP contribution in [0.4, 0.5) is 0 Å². The molecule has 0 atom stereocenters. The molecule has 0 unspecified atom stereocenters. The van der Waals surface area contributed by atoms with Crippen molar-refractivity contribution in [3.05, 3.63) is 17.5 Å². The number of H-pyrrole nitrogens is 1. The lowest BCUT2D eigenvalue weighted by Gasteiger charge is -2.36. The van der Waals surface area contributed by atoms with Gasteiger partial charge in [-0.2, -0.15) is 5.10 Å². The Balaban J connectivity index is 1.35. The van der Waals surface area contributed by atoms with E-state index in [4.69, 9.17) is 4.74 Å². The predicted molar refractivity (Wildman–Crippen MR) is 95.0 cm³/mol. The van der Waals surface area contributed by atoms with Gasteiger partial charge in [0.25, 0.3) is 0 Å². The molecule has 5 nitrogen and oxygen atoms in total. The summed E-state index contributed by atoms with van der Waals surface area (Å²) in [6, 6.07) is 0. The first kappa shape index (κ1) is 16.6. The molecular weight excluding hydrogens is 300 g/mol. The van der Waals surface area contributed by atoms with Gasteiger partial charge < -0.3 is 15.0 Å². The molecule has 0 radical (unpaired) electrons. The van der Waals surface area contributed by atoms with Crippen molar-refractivity contribution in [3.63, 3.8) is 0 Å². The number of aromatic nitrogens is 2. The summed E-state index contributed by atoms with van der Waals surface area (Å²) < 4.78 is 6.32. The van der Waals surface area contributed by atoms with Crippen LogP contribution in [0.1, 0.15) is 62.1 Å². The maximum absolute atomic E-state index is 6.32. The quantitative estimate of drug-likeness (QED) is 0.841. The average Bonchev–Trinajstić information content (AvgIpc) is 3.03. The molecule has 0 amide bonds. The molecule has 1 aromatic rings. The molecule has 134 valence electrons. The van der Waals surface area contributed by atoms with Gasteiger partial charge in [0, 0.05) is 36.8 Å². The van der Waals surface area contributed by atoms with Crippen LogP contribution >= 0.6 is 0 Å². The van der Waals surface area contributed by atoms with Crippen LogP contribution in [0.25, 0.3) is 0 Å². The number of nitrogens with one attached hydrogen (secondary N) is 2. The summed E-state index contributed by atoms with van der Waals surface area (Å²) in [5.41, 5.74) is 3.57. The van der Waals surface area contributed by atoms with Gasteiger partial charge in [-0.15, -0.1) is 0 Å². The molecule has 1 saturated heterocycles. The molecule has 24 heavy (non-hydrogen) atoms. The Bertz CT molecular complexity index is 557. The van der Waals surface area contributed by atoms with Crippen molar-refractivity contribution in [2.24, 2.45) is 5.41 Å². The zero-order chi connectivity index (χ0) is 16.6. The Kier molecular flexibility index (Phi) is 4.43. The van der Waals surface area contributed by atoms with Crippen molar-refractivity contribution in [1.82, 2.24) is 20.4 Å². The first-order chi connectivity index (χ1) is 11.6. The molecular formula is C19H32N4O. The summed E-state index contributed by atoms with van der Waals surface area (Å²) >= 11 is 0. The summed E-state index contributed by atoms with van der Waals surface area (Å²) in [5.74, 6) is 0.630. The molecule has 4 rings (SSSR count). The minimum atomic E-state index is 0.219. The lowest BCUT2D eigenvalue weighted by Crippen LogP contribution is -2.33. The van der Waals surface area contributed by atoms with E-state index in [0.717, 1.165) is 26.2 Å². The number of hydrogen-bond donors (Lipinski definition) is 2. The second kappa shape index (κ2) is 6.43. The second-order valence-electron chi connectivity index (χ2n) is 8.57. The predicted octanol–water partition coefficient (Wildman–Crippen LogP) is 2.66. The minimum Gasteiger partial charge on any atom is -0.374 e. The highest BCUT2D eigenvalue weighted by Crippen LogP contribution is 2.60. The van der Waals surface area contributed by atoms with Gasteiger partial charge in [0.2, 0.25) is 0 Å². The molecule has 5 heteroatoms. The minimum absolute atomic E-state index is 0.219. The van der Waals surface area contributed by atoms with E-state index in [1.54, 1.807) is 0 Å². The Hall–Kier alpha value is -0.910. The molecule has 2 aliphatic carbocycles. The highest BCUT2D eigenvalue weighted by atomic mass is 16.5. The number of nitrogens with zero attached hydrogens (tertiary/aromatic N) is 2. The normalized spacial score (nSPS) is 31.4. The van der Waals surface area contributed by atoms with Crippen LogP contribution in [0.5, 0.6) is 0 Å². The van der Waals surface area contributed by atoms with Gasteiger partial charge in [0.05, 0.1) is 18.4 Å². The third-order valence-electron chi connectivity index (χ3n) is 6.58. The topological polar surface area (TPSA) is 53.2 Å². The number of hydrogen-bond acceptors (Lipinski definition) is 4. The highest BCUT2D eigenvalue weighted by Gasteiger charge is 2.56. The lowest BCUT2D eigenvalue weighted by molar-refractivity contribution is -0.0291. The summed E-state index contributed by atoms with van der Waals surface area (Å²) in [4.78, 5) is 2.37. The Morgan fingerprint density at radius 2 is 2.12 bits per heavy atom. The third kappa shape index (κ3) is 3.26. The van der Waals surface area contributed by atoms with E-state index in [9.17, 15) is 0 Å². The molecule has 0 bridgehead atoms. The first-order valence-corrected chi connectivity index (χ1v) is 9.63. The number of aromatic amines is 1. The van der Waals surface area contributed by atoms with Crippen LogP contribution in [-0.4, -0.2) is 54.5 Å². The van der Waals surface area contributed by atoms with E-state index in [1.165, 1.54) is 56.2 Å². The van der Waals surface area contributed by atoms with Crippen molar-refractivity contribution in [3.8, 4) is 0 Å². The molecule has 2 spiro atoms. The summed E-state index contributed by atoms with van der Waals surface area (Å²) in [6.45, 7) is 4.09. The number of ether oxygens (including phenoxy) is 1. The maximum Gasteiger partial charge on any atom is 0.0689 e. The van der Waals surface area contributed by atoms with E-state index in [2.05, 4.69) is 27.5 Å². The van der Waals surface area contributed by atoms with E-state index in [-0.39, 0.29) is 5.60 Å². The van der Waals surface area contributed by atoms with Gasteiger partial charge in [-0.05, 0) is 64.5 Å². The van der Waals surface area contributed by atoms with E-state index in [0.29, 0.717) is 11.3 Å². The number of likely N-dealkylation sites (N-methyl/N-ethyl adjacent to an activating group) is 2. The zero-order valence-electron chi connectivity index (χ0n) is 15.2. The molecule has 3 fully saturated rings. The second-order valence-corrected chi connectivity index (χ2v) is 8.57. The SMILES string of the molecule is CNCCN(C)Cc1cn[nH]c1C1CCC2(CC1)CC1(CC1)CO2. The standard InChI is InChI=1S/C19H32N4O/c1-20-9-10-23(2)12-16-11-21-22-17(16)15-3-5-19(6-4-15)13-18(7-8-18)14-24-19/h11,15,20H,3-10,12-14H2,1-2H3,(H,21,22). The molecule has 0 aromatic carbocycles. The zero-order valence-corrected chi connectivity index (χ0v) is 15.2. The van der Waals surface area contributed by atoms with Gasteiger partial charge in [-0.25, -0.2) is 0 Å². The van der Waals surface area contributed by atoms with E-state index < -0.39 is 0 Å². The Morgan fingerprint density at radius 1 is 1.33 bits per heavy atom. The van der Waals surface area contributed by atoms with Crippen molar-refractivity contribution in [2.45, 2.75) is 63.0 Å². The van der Waals surface area contributed by atoms with E-state index in [1.807, 2.05) is 13.2 Å². The van der Waals surface area contributed by atoms with Crippen molar-refractivity contribution < 1.29 is 4.74 Å². The van der Waals surface area contributed by atoms with Crippen LogP contribution in [0, 0.1) is 5.41 Å². The maximum atomic E-state index is 6.32. The van der Waals surface area contributed by atoms with Gasteiger partial charge in [-0.1, -0.05) is 0 Å². The Labute approximate surface area is 145 Å². The largest absolute Gasteiger partial charge is 0.374 e. The monoisotopic (exact) mass is 332 g/mol. The summed E-state index contributed by atoms with van der Waals surface area (Å²) in [7, 11) is 4.19. The van der Waals surface area contributed by atoms with Gasteiger partial charge in [0.1, 0.15) is 0 Å². The molecule has 1 aliphatic heterocycles. The van der Waals surface area contributed by atoms with Crippen molar-refractivity contribution in [2.75, 3.05) is 33.8 Å². The van der Waals surface area contributed by atoms with E-state index >= 15 is 0 Å². The lowest BCUT2D eigenvalue weighted by atomic mass is 9.74. The van der Waals surface area contributed by atoms with Crippen LogP contribution < -0.4 is 5.32 Å².